The van der Waals surface area contributed by atoms with E-state index in [2.05, 4.69) is 48.4 Å². The molecule has 2 saturated heterocycles. The lowest BCUT2D eigenvalue weighted by Crippen LogP contribution is -2.62. The minimum atomic E-state index is -0.786. The summed E-state index contributed by atoms with van der Waals surface area (Å²) >= 11 is 0. The maximum Gasteiger partial charge on any atom is 0.240 e. The number of aliphatic hydroxyl groups excluding tert-OH is 2. The van der Waals surface area contributed by atoms with Gasteiger partial charge in [0, 0.05) is 43.8 Å². The van der Waals surface area contributed by atoms with Gasteiger partial charge in [0.15, 0.2) is 0 Å². The van der Waals surface area contributed by atoms with Gasteiger partial charge in [-0.05, 0) is 60.6 Å². The summed E-state index contributed by atoms with van der Waals surface area (Å²) < 4.78 is 0. The highest BCUT2D eigenvalue weighted by atomic mass is 16.7. The Morgan fingerprint density at radius 1 is 1.28 bits per heavy atom. The summed E-state index contributed by atoms with van der Waals surface area (Å²) in [5.41, 5.74) is 2.56. The molecule has 4 N–H and O–H groups in total. The molecule has 36 heavy (non-hydrogen) atoms. The standard InChI is InChI=1S/C28H44N4O4/c1-17-22-13-20(28(22,3)4)14-23(17)30-27(35)26-25(18(2)34)24(16-33)36-32(26)15-19-6-5-7-21(12-19)31-10-8-29-9-11-31/h5-7,12,17-18,20,22-26,29,33-34H,8-11,13-16H2,1-4H3,(H,30,35)/t17-,18-,20-,22?,23?,24-,25?,26-/m0/s1. The number of piperazine rings is 1. The molecule has 3 saturated carbocycles. The number of carbonyl (C=O) groups excluding carboxylic acids is 1. The molecule has 1 aromatic carbocycles. The molecule has 8 nitrogen and oxygen atoms in total. The molecule has 5 aliphatic rings. The summed E-state index contributed by atoms with van der Waals surface area (Å²) in [6, 6.07) is 7.85. The largest absolute Gasteiger partial charge is 0.394 e. The Morgan fingerprint density at radius 3 is 2.67 bits per heavy atom. The second-order valence-electron chi connectivity index (χ2n) is 12.1. The van der Waals surface area contributed by atoms with E-state index in [4.69, 9.17) is 4.84 Å². The molecular weight excluding hydrogens is 456 g/mol. The number of amides is 1. The number of hydrogen-bond donors (Lipinski definition) is 4. The molecule has 1 aromatic rings. The molecule has 0 aromatic heterocycles. The van der Waals surface area contributed by atoms with Gasteiger partial charge in [-0.3, -0.25) is 9.63 Å². The number of aliphatic hydroxyl groups is 2. The zero-order chi connectivity index (χ0) is 25.6. The van der Waals surface area contributed by atoms with Crippen LogP contribution in [0.25, 0.3) is 0 Å². The SMILES string of the molecule is C[C@@H]1C(NC(=O)[C@@H]2C([C@H](C)O)[C@H](CO)ON2Cc2cccc(N3CCNCC3)c2)C[C@@H]2CC1C2(C)C. The lowest BCUT2D eigenvalue weighted by molar-refractivity contribution is -0.183. The van der Waals surface area contributed by atoms with E-state index in [-0.39, 0.29) is 18.6 Å². The van der Waals surface area contributed by atoms with E-state index in [1.807, 2.05) is 12.1 Å². The van der Waals surface area contributed by atoms with Crippen molar-refractivity contribution in [1.29, 1.82) is 0 Å². The zero-order valence-electron chi connectivity index (χ0n) is 22.2. The van der Waals surface area contributed by atoms with E-state index in [1.54, 1.807) is 12.0 Å². The van der Waals surface area contributed by atoms with Crippen LogP contribution in [0.3, 0.4) is 0 Å². The Hall–Kier alpha value is -1.71. The van der Waals surface area contributed by atoms with Crippen LogP contribution in [-0.4, -0.2) is 78.3 Å². The first kappa shape index (κ1) is 25.9. The van der Waals surface area contributed by atoms with Crippen molar-refractivity contribution in [2.45, 2.75) is 71.4 Å². The minimum Gasteiger partial charge on any atom is -0.394 e. The first-order chi connectivity index (χ1) is 17.2. The predicted molar refractivity (Wildman–Crippen MR) is 139 cm³/mol. The number of carbonyl (C=O) groups is 1. The number of nitrogens with zero attached hydrogens (tertiary/aromatic N) is 2. The van der Waals surface area contributed by atoms with E-state index in [9.17, 15) is 15.0 Å². The second kappa shape index (κ2) is 10.2. The fraction of sp³-hybridized carbons (Fsp3) is 0.750. The summed E-state index contributed by atoms with van der Waals surface area (Å²) in [6.07, 6.45) is 0.852. The van der Waals surface area contributed by atoms with Gasteiger partial charge in [-0.1, -0.05) is 32.9 Å². The molecule has 200 valence electrons. The normalized spacial score (nSPS) is 36.8. The monoisotopic (exact) mass is 500 g/mol. The quantitative estimate of drug-likeness (QED) is 0.453. The Morgan fingerprint density at radius 2 is 2.03 bits per heavy atom. The summed E-state index contributed by atoms with van der Waals surface area (Å²) in [6.45, 7) is 12.7. The minimum absolute atomic E-state index is 0.105. The Kier molecular flexibility index (Phi) is 7.36. The number of fused-ring (bicyclic) bond motifs is 2. The number of rotatable bonds is 7. The number of anilines is 1. The van der Waals surface area contributed by atoms with Crippen molar-refractivity contribution in [3.63, 3.8) is 0 Å². The molecule has 0 radical (unpaired) electrons. The van der Waals surface area contributed by atoms with Crippen LogP contribution >= 0.6 is 0 Å². The van der Waals surface area contributed by atoms with Crippen LogP contribution in [0.4, 0.5) is 5.69 Å². The van der Waals surface area contributed by atoms with Crippen LogP contribution in [0.2, 0.25) is 0 Å². The Labute approximate surface area is 215 Å². The van der Waals surface area contributed by atoms with E-state index in [0.717, 1.165) is 43.9 Å². The van der Waals surface area contributed by atoms with E-state index in [1.165, 1.54) is 6.42 Å². The smallest absolute Gasteiger partial charge is 0.240 e. The maximum atomic E-state index is 13.8. The van der Waals surface area contributed by atoms with Crippen LogP contribution in [0, 0.1) is 29.1 Å². The maximum absolute atomic E-state index is 13.8. The van der Waals surface area contributed by atoms with Gasteiger partial charge in [0.2, 0.25) is 5.91 Å². The van der Waals surface area contributed by atoms with Crippen molar-refractivity contribution in [3.8, 4) is 0 Å². The second-order valence-corrected chi connectivity index (χ2v) is 12.1. The molecule has 2 aliphatic heterocycles. The summed E-state index contributed by atoms with van der Waals surface area (Å²) in [5, 5.41) is 29.1. The molecule has 3 aliphatic carbocycles. The van der Waals surface area contributed by atoms with Gasteiger partial charge in [-0.15, -0.1) is 0 Å². The highest BCUT2D eigenvalue weighted by Crippen LogP contribution is 2.61. The Bertz CT molecular complexity index is 934. The molecule has 2 bridgehead atoms. The zero-order valence-corrected chi connectivity index (χ0v) is 22.2. The summed E-state index contributed by atoms with van der Waals surface area (Å²) in [4.78, 5) is 22.3. The first-order valence-corrected chi connectivity index (χ1v) is 13.8. The highest BCUT2D eigenvalue weighted by molar-refractivity contribution is 5.82. The first-order valence-electron chi connectivity index (χ1n) is 13.8. The molecule has 8 heteroatoms. The highest BCUT2D eigenvalue weighted by Gasteiger charge is 2.57. The fourth-order valence-electron chi connectivity index (χ4n) is 7.44. The molecule has 6 rings (SSSR count). The molecule has 1 amide bonds. The van der Waals surface area contributed by atoms with Gasteiger partial charge in [0.1, 0.15) is 12.1 Å². The van der Waals surface area contributed by atoms with Crippen molar-refractivity contribution < 1.29 is 19.8 Å². The Balaban J connectivity index is 1.33. The van der Waals surface area contributed by atoms with Crippen molar-refractivity contribution in [2.24, 2.45) is 29.1 Å². The van der Waals surface area contributed by atoms with Crippen LogP contribution in [0.15, 0.2) is 24.3 Å². The van der Waals surface area contributed by atoms with Gasteiger partial charge >= 0.3 is 0 Å². The molecular formula is C28H44N4O4. The number of hydroxylamine groups is 2. The number of hydrogen-bond acceptors (Lipinski definition) is 7. The molecule has 0 spiro atoms. The van der Waals surface area contributed by atoms with Gasteiger partial charge < -0.3 is 25.7 Å². The lowest BCUT2D eigenvalue weighted by atomic mass is 9.45. The van der Waals surface area contributed by atoms with Crippen molar-refractivity contribution >= 4 is 11.6 Å². The van der Waals surface area contributed by atoms with Crippen LogP contribution in [-0.2, 0) is 16.2 Å². The van der Waals surface area contributed by atoms with E-state index < -0.39 is 24.2 Å². The third kappa shape index (κ3) is 4.67. The third-order valence-electron chi connectivity index (χ3n) is 9.79. The molecule has 2 heterocycles. The summed E-state index contributed by atoms with van der Waals surface area (Å²) in [5.74, 6) is 1.08. The lowest BCUT2D eigenvalue weighted by Gasteiger charge is -2.62. The topological polar surface area (TPSA) is 97.3 Å². The average molecular weight is 501 g/mol. The van der Waals surface area contributed by atoms with Crippen LogP contribution in [0.5, 0.6) is 0 Å². The molecule has 3 unspecified atom stereocenters. The van der Waals surface area contributed by atoms with E-state index in [0.29, 0.717) is 29.7 Å². The molecule has 5 fully saturated rings. The van der Waals surface area contributed by atoms with Gasteiger partial charge in [0.25, 0.3) is 0 Å². The fourth-order valence-corrected chi connectivity index (χ4v) is 7.44. The molecule has 8 atom stereocenters. The van der Waals surface area contributed by atoms with Gasteiger partial charge in [-0.25, -0.2) is 0 Å². The average Bonchev–Trinajstić information content (AvgIpc) is 3.24. The van der Waals surface area contributed by atoms with Crippen molar-refractivity contribution in [2.75, 3.05) is 37.7 Å². The predicted octanol–water partition coefficient (Wildman–Crippen LogP) is 1.76. The summed E-state index contributed by atoms with van der Waals surface area (Å²) in [7, 11) is 0. The number of nitrogens with one attached hydrogen (secondary N) is 2. The van der Waals surface area contributed by atoms with Gasteiger partial charge in [0.05, 0.1) is 19.3 Å². The third-order valence-corrected chi connectivity index (χ3v) is 9.79. The van der Waals surface area contributed by atoms with E-state index >= 15 is 0 Å². The van der Waals surface area contributed by atoms with Crippen LogP contribution in [0.1, 0.15) is 46.1 Å². The van der Waals surface area contributed by atoms with Gasteiger partial charge in [-0.2, -0.15) is 5.06 Å². The van der Waals surface area contributed by atoms with Crippen molar-refractivity contribution in [1.82, 2.24) is 15.7 Å². The van der Waals surface area contributed by atoms with Crippen molar-refractivity contribution in [3.05, 3.63) is 29.8 Å². The van der Waals surface area contributed by atoms with Crippen LogP contribution < -0.4 is 15.5 Å². The number of benzene rings is 1.